The third-order valence-electron chi connectivity index (χ3n) is 4.03. The average molecular weight is 328 g/mol. The van der Waals surface area contributed by atoms with Crippen LogP contribution in [0.15, 0.2) is 22.7 Å². The fourth-order valence-corrected chi connectivity index (χ4v) is 3.30. The second-order valence-electron chi connectivity index (χ2n) is 5.91. The van der Waals surface area contributed by atoms with Gasteiger partial charge in [0.2, 0.25) is 0 Å². The molecule has 0 aromatic heterocycles. The van der Waals surface area contributed by atoms with E-state index in [1.54, 1.807) is 6.07 Å². The highest BCUT2D eigenvalue weighted by atomic mass is 79.9. The van der Waals surface area contributed by atoms with E-state index in [2.05, 4.69) is 21.2 Å². The molecule has 0 bridgehead atoms. The summed E-state index contributed by atoms with van der Waals surface area (Å²) in [6.45, 7) is 2.58. The Morgan fingerprint density at radius 3 is 2.84 bits per heavy atom. The molecule has 1 saturated carbocycles. The molecule has 1 unspecified atom stereocenters. The summed E-state index contributed by atoms with van der Waals surface area (Å²) in [6.07, 6.45) is 4.52. The molecule has 2 nitrogen and oxygen atoms in total. The van der Waals surface area contributed by atoms with E-state index in [0.29, 0.717) is 6.04 Å². The minimum Gasteiger partial charge on any atom is -0.381 e. The monoisotopic (exact) mass is 327 g/mol. The van der Waals surface area contributed by atoms with Crippen molar-refractivity contribution in [2.45, 2.75) is 31.7 Å². The third kappa shape index (κ3) is 3.56. The summed E-state index contributed by atoms with van der Waals surface area (Å²) >= 11 is 3.37. The first-order valence-electron chi connectivity index (χ1n) is 6.91. The van der Waals surface area contributed by atoms with Crippen LogP contribution in [0.1, 0.15) is 24.8 Å². The van der Waals surface area contributed by atoms with Gasteiger partial charge in [0.05, 0.1) is 6.61 Å². The predicted octanol–water partition coefficient (Wildman–Crippen LogP) is 3.29. The highest BCUT2D eigenvalue weighted by molar-refractivity contribution is 9.10. The van der Waals surface area contributed by atoms with Gasteiger partial charge in [0, 0.05) is 29.1 Å². The predicted molar refractivity (Wildman–Crippen MR) is 76.7 cm³/mol. The van der Waals surface area contributed by atoms with Crippen LogP contribution in [0.2, 0.25) is 0 Å². The van der Waals surface area contributed by atoms with Crippen LogP contribution in [-0.4, -0.2) is 25.8 Å². The van der Waals surface area contributed by atoms with Crippen LogP contribution in [0.5, 0.6) is 0 Å². The summed E-state index contributed by atoms with van der Waals surface area (Å²) in [6, 6.07) is 5.86. The van der Waals surface area contributed by atoms with Gasteiger partial charge in [-0.25, -0.2) is 4.39 Å². The lowest BCUT2D eigenvalue weighted by atomic mass is 9.81. The Labute approximate surface area is 121 Å². The summed E-state index contributed by atoms with van der Waals surface area (Å²) in [4.78, 5) is 0. The van der Waals surface area contributed by atoms with Gasteiger partial charge in [-0.05, 0) is 49.4 Å². The van der Waals surface area contributed by atoms with Gasteiger partial charge in [-0.1, -0.05) is 15.9 Å². The molecule has 0 spiro atoms. The molecule has 1 aliphatic heterocycles. The van der Waals surface area contributed by atoms with E-state index in [1.165, 1.54) is 18.9 Å². The van der Waals surface area contributed by atoms with Gasteiger partial charge < -0.3 is 10.1 Å². The second kappa shape index (κ2) is 5.51. The molecule has 1 heterocycles. The molecular weight excluding hydrogens is 309 g/mol. The van der Waals surface area contributed by atoms with Crippen LogP contribution in [0.3, 0.4) is 0 Å². The van der Waals surface area contributed by atoms with Gasteiger partial charge in [-0.15, -0.1) is 0 Å². The lowest BCUT2D eigenvalue weighted by molar-refractivity contribution is 0.149. The lowest BCUT2D eigenvalue weighted by Crippen LogP contribution is -2.37. The van der Waals surface area contributed by atoms with Crippen molar-refractivity contribution < 1.29 is 9.13 Å². The largest absolute Gasteiger partial charge is 0.381 e. The third-order valence-corrected chi connectivity index (χ3v) is 4.49. The maximum atomic E-state index is 13.5. The number of rotatable bonds is 5. The molecule has 1 aliphatic carbocycles. The second-order valence-corrected chi connectivity index (χ2v) is 6.83. The number of hydrogen-bond donors (Lipinski definition) is 1. The fraction of sp³-hybridized carbons (Fsp3) is 0.600. The summed E-state index contributed by atoms with van der Waals surface area (Å²) < 4.78 is 19.9. The Morgan fingerprint density at radius 2 is 2.21 bits per heavy atom. The van der Waals surface area contributed by atoms with E-state index in [9.17, 15) is 4.39 Å². The summed E-state index contributed by atoms with van der Waals surface area (Å²) in [5, 5.41) is 3.60. The number of nitrogens with one attached hydrogen (secondary N) is 1. The summed E-state index contributed by atoms with van der Waals surface area (Å²) in [5.74, 6) is -0.173. The minimum atomic E-state index is -0.173. The zero-order valence-electron chi connectivity index (χ0n) is 10.9. The fourth-order valence-electron chi connectivity index (χ4n) is 2.79. The normalized spacial score (nSPS) is 26.8. The van der Waals surface area contributed by atoms with Gasteiger partial charge in [0.1, 0.15) is 5.82 Å². The van der Waals surface area contributed by atoms with Crippen LogP contribution in [0, 0.1) is 11.2 Å². The zero-order valence-corrected chi connectivity index (χ0v) is 12.5. The number of hydrogen-bond acceptors (Lipinski definition) is 2. The van der Waals surface area contributed by atoms with Crippen molar-refractivity contribution >= 4 is 15.9 Å². The molecule has 1 aromatic carbocycles. The molecule has 19 heavy (non-hydrogen) atoms. The molecule has 2 aliphatic rings. The first kappa shape index (κ1) is 13.5. The van der Waals surface area contributed by atoms with Crippen molar-refractivity contribution in [3.63, 3.8) is 0 Å². The summed E-state index contributed by atoms with van der Waals surface area (Å²) in [5.41, 5.74) is 1.19. The maximum Gasteiger partial charge on any atom is 0.124 e. The molecule has 4 heteroatoms. The lowest BCUT2D eigenvalue weighted by Gasteiger charge is -2.28. The number of halogens is 2. The number of ether oxygens (including phenoxy) is 1. The summed E-state index contributed by atoms with van der Waals surface area (Å²) in [7, 11) is 0. The van der Waals surface area contributed by atoms with Crippen LogP contribution in [0.25, 0.3) is 0 Å². The molecule has 0 amide bonds. The molecule has 1 N–H and O–H groups in total. The van der Waals surface area contributed by atoms with Crippen LogP contribution >= 0.6 is 15.9 Å². The van der Waals surface area contributed by atoms with Crippen LogP contribution in [-0.2, 0) is 11.2 Å². The van der Waals surface area contributed by atoms with Gasteiger partial charge >= 0.3 is 0 Å². The highest BCUT2D eigenvalue weighted by Crippen LogP contribution is 2.34. The van der Waals surface area contributed by atoms with Gasteiger partial charge in [-0.3, -0.25) is 0 Å². The smallest absolute Gasteiger partial charge is 0.124 e. The minimum absolute atomic E-state index is 0.135. The van der Waals surface area contributed by atoms with E-state index in [4.69, 9.17) is 4.74 Å². The average Bonchev–Trinajstić information content (AvgIpc) is 3.06. The van der Waals surface area contributed by atoms with Crippen molar-refractivity contribution in [1.29, 1.82) is 0 Å². The highest BCUT2D eigenvalue weighted by Gasteiger charge is 2.36. The Morgan fingerprint density at radius 1 is 1.37 bits per heavy atom. The Hall–Kier alpha value is -0.450. The van der Waals surface area contributed by atoms with Crippen molar-refractivity contribution in [3.8, 4) is 0 Å². The molecule has 1 saturated heterocycles. The van der Waals surface area contributed by atoms with Crippen LogP contribution < -0.4 is 5.32 Å². The molecule has 1 atom stereocenters. The van der Waals surface area contributed by atoms with Crippen molar-refractivity contribution in [3.05, 3.63) is 34.1 Å². The molecule has 2 fully saturated rings. The molecule has 3 rings (SSSR count). The van der Waals surface area contributed by atoms with Crippen molar-refractivity contribution in [2.24, 2.45) is 5.41 Å². The quantitative estimate of drug-likeness (QED) is 0.896. The van der Waals surface area contributed by atoms with Gasteiger partial charge in [0.25, 0.3) is 0 Å². The number of benzene rings is 1. The molecule has 0 radical (unpaired) electrons. The van der Waals surface area contributed by atoms with E-state index >= 15 is 0 Å². The molecule has 1 aromatic rings. The van der Waals surface area contributed by atoms with E-state index in [0.717, 1.165) is 42.6 Å². The van der Waals surface area contributed by atoms with E-state index in [1.807, 2.05) is 6.07 Å². The van der Waals surface area contributed by atoms with Crippen LogP contribution in [0.4, 0.5) is 4.39 Å². The maximum absolute atomic E-state index is 13.5. The molecule has 104 valence electrons. The molecular formula is C15H19BrFNO. The van der Waals surface area contributed by atoms with Gasteiger partial charge in [-0.2, -0.15) is 0 Å². The van der Waals surface area contributed by atoms with Gasteiger partial charge in [0.15, 0.2) is 0 Å². The van der Waals surface area contributed by atoms with E-state index < -0.39 is 0 Å². The first-order chi connectivity index (χ1) is 9.15. The SMILES string of the molecule is Fc1cc(Br)cc(CC2(CNC3CC3)CCOC2)c1. The topological polar surface area (TPSA) is 21.3 Å². The Balaban J connectivity index is 1.72. The van der Waals surface area contributed by atoms with Crippen molar-refractivity contribution in [1.82, 2.24) is 5.32 Å². The Bertz CT molecular complexity index is 435. The zero-order chi connectivity index (χ0) is 13.3. The standard InChI is InChI=1S/C15H19BrFNO/c16-12-5-11(6-13(17)7-12)8-15(3-4-19-10-15)9-18-14-1-2-14/h5-7,14,18H,1-4,8-10H2. The van der Waals surface area contributed by atoms with Crippen molar-refractivity contribution in [2.75, 3.05) is 19.8 Å². The first-order valence-corrected chi connectivity index (χ1v) is 7.71. The van der Waals surface area contributed by atoms with E-state index in [-0.39, 0.29) is 11.2 Å². The Kier molecular flexibility index (Phi) is 3.92.